The van der Waals surface area contributed by atoms with E-state index in [1.165, 1.54) is 23.5 Å². The molecule has 2 heterocycles. The fourth-order valence-corrected chi connectivity index (χ4v) is 4.32. The number of esters is 1. The normalized spacial score (nSPS) is 20.0. The number of hydrogen-bond donors (Lipinski definition) is 1. The fraction of sp³-hybridized carbons (Fsp3) is 0.286. The second-order valence-corrected chi connectivity index (χ2v) is 8.03. The predicted octanol–water partition coefficient (Wildman–Crippen LogP) is 2.38. The number of nitrogens with one attached hydrogen (secondary N) is 1. The lowest BCUT2D eigenvalue weighted by molar-refractivity contribution is -0.154. The van der Waals surface area contributed by atoms with Crippen LogP contribution in [0.5, 0.6) is 0 Å². The lowest BCUT2D eigenvalue weighted by Gasteiger charge is -2.14. The molecule has 2 aromatic rings. The minimum atomic E-state index is -0.838. The smallest absolute Gasteiger partial charge is 0.326 e. The Bertz CT molecular complexity index is 1040. The number of fused-ring (bicyclic) bond motifs is 1. The number of thiazole rings is 1. The molecule has 10 heteroatoms. The van der Waals surface area contributed by atoms with Gasteiger partial charge < -0.3 is 4.74 Å². The summed E-state index contributed by atoms with van der Waals surface area (Å²) in [6, 6.07) is 5.77. The van der Waals surface area contributed by atoms with Crippen LogP contribution in [0.1, 0.15) is 12.8 Å². The van der Waals surface area contributed by atoms with Crippen LogP contribution in [0.15, 0.2) is 41.8 Å². The van der Waals surface area contributed by atoms with E-state index in [1.54, 1.807) is 17.5 Å². The molecule has 0 saturated carbocycles. The molecule has 0 bridgehead atoms. The molecule has 1 aliphatic carbocycles. The molecule has 160 valence electrons. The van der Waals surface area contributed by atoms with Gasteiger partial charge in [0.15, 0.2) is 11.7 Å². The molecule has 1 fully saturated rings. The molecule has 0 spiro atoms. The van der Waals surface area contributed by atoms with Gasteiger partial charge >= 0.3 is 5.97 Å². The highest BCUT2D eigenvalue weighted by molar-refractivity contribution is 7.14. The van der Waals surface area contributed by atoms with Crippen LogP contribution in [0, 0.1) is 17.7 Å². The number of halogens is 1. The van der Waals surface area contributed by atoms with Crippen molar-refractivity contribution in [2.24, 2.45) is 11.8 Å². The molecule has 1 aliphatic heterocycles. The number of imide groups is 1. The van der Waals surface area contributed by atoms with Gasteiger partial charge in [-0.25, -0.2) is 9.37 Å². The highest BCUT2D eigenvalue weighted by atomic mass is 32.1. The molecule has 3 amide bonds. The number of carbonyl (C=O) groups is 4. The standard InChI is InChI=1S/C21H18FN3O5S/c22-13-7-5-12(6-8-13)16-11-31-21(23-16)24-17(26)10-30-18(27)9-25-19(28)14-3-1-2-4-15(14)20(25)29/h1-2,5-8,11,14-15H,3-4,9-10H2,(H,23,24,26)/t14-,15-/m1/s1. The number of allylic oxidation sites excluding steroid dienone is 2. The van der Waals surface area contributed by atoms with Gasteiger partial charge in [-0.3, -0.25) is 29.4 Å². The fourth-order valence-electron chi connectivity index (χ4n) is 3.59. The van der Waals surface area contributed by atoms with Crippen LogP contribution in [0.2, 0.25) is 0 Å². The highest BCUT2D eigenvalue weighted by Gasteiger charge is 2.47. The van der Waals surface area contributed by atoms with E-state index in [1.807, 2.05) is 12.2 Å². The van der Waals surface area contributed by atoms with Gasteiger partial charge in [-0.05, 0) is 37.1 Å². The third-order valence-electron chi connectivity index (χ3n) is 5.14. The molecule has 8 nitrogen and oxygen atoms in total. The molecular formula is C21H18FN3O5S. The molecule has 1 aromatic heterocycles. The summed E-state index contributed by atoms with van der Waals surface area (Å²) in [6.45, 7) is -1.08. The Kier molecular flexibility index (Phi) is 5.90. The van der Waals surface area contributed by atoms with E-state index >= 15 is 0 Å². The van der Waals surface area contributed by atoms with Crippen LogP contribution < -0.4 is 5.32 Å². The van der Waals surface area contributed by atoms with Crippen molar-refractivity contribution in [1.82, 2.24) is 9.88 Å². The molecule has 2 atom stereocenters. The van der Waals surface area contributed by atoms with Crippen LogP contribution in [0.4, 0.5) is 9.52 Å². The van der Waals surface area contributed by atoms with Crippen molar-refractivity contribution in [1.29, 1.82) is 0 Å². The van der Waals surface area contributed by atoms with E-state index in [0.717, 1.165) is 4.90 Å². The van der Waals surface area contributed by atoms with Gasteiger partial charge in [0.1, 0.15) is 12.4 Å². The van der Waals surface area contributed by atoms with E-state index in [4.69, 9.17) is 4.74 Å². The topological polar surface area (TPSA) is 106 Å². The average molecular weight is 443 g/mol. The van der Waals surface area contributed by atoms with Crippen molar-refractivity contribution in [3.63, 3.8) is 0 Å². The number of carbonyl (C=O) groups excluding carboxylic acids is 4. The first-order valence-electron chi connectivity index (χ1n) is 9.59. The zero-order valence-corrected chi connectivity index (χ0v) is 17.1. The number of nitrogens with zero attached hydrogens (tertiary/aromatic N) is 2. The Morgan fingerprint density at radius 3 is 2.42 bits per heavy atom. The first kappa shape index (κ1) is 20.9. The average Bonchev–Trinajstić information content (AvgIpc) is 3.32. The first-order valence-corrected chi connectivity index (χ1v) is 10.5. The maximum absolute atomic E-state index is 13.0. The third-order valence-corrected chi connectivity index (χ3v) is 5.90. The largest absolute Gasteiger partial charge is 0.454 e. The summed E-state index contributed by atoms with van der Waals surface area (Å²) in [5.41, 5.74) is 1.26. The maximum atomic E-state index is 13.0. The lowest BCUT2D eigenvalue weighted by Crippen LogP contribution is -2.37. The molecule has 0 radical (unpaired) electrons. The van der Waals surface area contributed by atoms with Crippen LogP contribution in [-0.4, -0.2) is 46.7 Å². The Morgan fingerprint density at radius 1 is 1.13 bits per heavy atom. The number of anilines is 1. The van der Waals surface area contributed by atoms with E-state index < -0.39 is 36.9 Å². The molecule has 4 rings (SSSR count). The van der Waals surface area contributed by atoms with Crippen molar-refractivity contribution in [2.45, 2.75) is 12.8 Å². The van der Waals surface area contributed by atoms with Crippen molar-refractivity contribution < 1.29 is 28.3 Å². The molecule has 1 aromatic carbocycles. The van der Waals surface area contributed by atoms with Crippen LogP contribution in [0.3, 0.4) is 0 Å². The minimum absolute atomic E-state index is 0.293. The van der Waals surface area contributed by atoms with E-state index in [9.17, 15) is 23.6 Å². The number of likely N-dealkylation sites (tertiary alicyclic amines) is 1. The monoisotopic (exact) mass is 443 g/mol. The van der Waals surface area contributed by atoms with Gasteiger partial charge in [-0.2, -0.15) is 0 Å². The summed E-state index contributed by atoms with van der Waals surface area (Å²) in [4.78, 5) is 54.0. The number of aromatic nitrogens is 1. The quantitative estimate of drug-likeness (QED) is 0.418. The number of benzene rings is 1. The Hall–Kier alpha value is -3.40. The van der Waals surface area contributed by atoms with Crippen molar-refractivity contribution in [2.75, 3.05) is 18.5 Å². The van der Waals surface area contributed by atoms with E-state index in [-0.39, 0.29) is 17.6 Å². The van der Waals surface area contributed by atoms with Gasteiger partial charge in [0.25, 0.3) is 5.91 Å². The Balaban J connectivity index is 1.26. The van der Waals surface area contributed by atoms with Crippen molar-refractivity contribution in [3.05, 3.63) is 47.6 Å². The van der Waals surface area contributed by atoms with Crippen LogP contribution in [-0.2, 0) is 23.9 Å². The van der Waals surface area contributed by atoms with Gasteiger partial charge in [0, 0.05) is 10.9 Å². The second-order valence-electron chi connectivity index (χ2n) is 7.17. The molecule has 31 heavy (non-hydrogen) atoms. The SMILES string of the molecule is O=C(COC(=O)CN1C(=O)[C@@H]2CC=CC[C@H]2C1=O)Nc1nc(-c2ccc(F)cc2)cs1. The lowest BCUT2D eigenvalue weighted by atomic mass is 9.85. The molecule has 2 aliphatic rings. The molecule has 1 N–H and O–H groups in total. The molecule has 1 saturated heterocycles. The summed E-state index contributed by atoms with van der Waals surface area (Å²) in [6.07, 6.45) is 4.69. The number of rotatable bonds is 6. The number of ether oxygens (including phenoxy) is 1. The molecule has 0 unspecified atom stereocenters. The summed E-state index contributed by atoms with van der Waals surface area (Å²) in [5, 5.41) is 4.51. The number of amides is 3. The van der Waals surface area contributed by atoms with Gasteiger partial charge in [0.2, 0.25) is 11.8 Å². The summed E-state index contributed by atoms with van der Waals surface area (Å²) < 4.78 is 17.9. The zero-order chi connectivity index (χ0) is 22.0. The van der Waals surface area contributed by atoms with Crippen molar-refractivity contribution >= 4 is 40.2 Å². The summed E-state index contributed by atoms with van der Waals surface area (Å²) in [5.74, 6) is -3.40. The Labute approximate surface area is 180 Å². The van der Waals surface area contributed by atoms with Gasteiger partial charge in [-0.15, -0.1) is 11.3 Å². The second kappa shape index (κ2) is 8.76. The van der Waals surface area contributed by atoms with Crippen molar-refractivity contribution in [3.8, 4) is 11.3 Å². The summed E-state index contributed by atoms with van der Waals surface area (Å²) >= 11 is 1.17. The van der Waals surface area contributed by atoms with Gasteiger partial charge in [0.05, 0.1) is 17.5 Å². The Morgan fingerprint density at radius 2 is 1.77 bits per heavy atom. The number of hydrogen-bond acceptors (Lipinski definition) is 7. The van der Waals surface area contributed by atoms with E-state index in [2.05, 4.69) is 10.3 Å². The third kappa shape index (κ3) is 4.53. The minimum Gasteiger partial charge on any atom is -0.454 e. The highest BCUT2D eigenvalue weighted by Crippen LogP contribution is 2.34. The van der Waals surface area contributed by atoms with Crippen LogP contribution >= 0.6 is 11.3 Å². The van der Waals surface area contributed by atoms with Crippen LogP contribution in [0.25, 0.3) is 11.3 Å². The zero-order valence-electron chi connectivity index (χ0n) is 16.2. The molecular weight excluding hydrogens is 425 g/mol. The van der Waals surface area contributed by atoms with Gasteiger partial charge in [-0.1, -0.05) is 12.2 Å². The van der Waals surface area contributed by atoms with E-state index in [0.29, 0.717) is 29.2 Å². The summed E-state index contributed by atoms with van der Waals surface area (Å²) in [7, 11) is 0. The predicted molar refractivity (Wildman–Crippen MR) is 109 cm³/mol. The maximum Gasteiger partial charge on any atom is 0.326 e. The first-order chi connectivity index (χ1) is 14.9.